The standard InChI is InChI=1S/C14H18O3/c1-3-15-14(16-4-2)11-8-12-17-13-9-6-5-7-10-13/h5-7,9-10,14H,3-4,12H2,1-2H3. The van der Waals surface area contributed by atoms with Crippen LogP contribution in [-0.4, -0.2) is 26.1 Å². The minimum Gasteiger partial charge on any atom is -0.481 e. The van der Waals surface area contributed by atoms with Crippen LogP contribution in [0.5, 0.6) is 5.75 Å². The molecule has 0 atom stereocenters. The number of rotatable bonds is 6. The quantitative estimate of drug-likeness (QED) is 0.559. The second kappa shape index (κ2) is 8.63. The average molecular weight is 234 g/mol. The van der Waals surface area contributed by atoms with Crippen molar-refractivity contribution in [2.45, 2.75) is 20.1 Å². The zero-order valence-electron chi connectivity index (χ0n) is 10.3. The van der Waals surface area contributed by atoms with E-state index in [1.807, 2.05) is 44.2 Å². The van der Waals surface area contributed by atoms with Crippen LogP contribution in [0, 0.1) is 11.8 Å². The Hall–Kier alpha value is -1.50. The molecule has 17 heavy (non-hydrogen) atoms. The zero-order valence-corrected chi connectivity index (χ0v) is 10.3. The summed E-state index contributed by atoms with van der Waals surface area (Å²) in [5, 5.41) is 0. The lowest BCUT2D eigenvalue weighted by molar-refractivity contribution is -0.0970. The molecule has 0 aliphatic heterocycles. The van der Waals surface area contributed by atoms with Gasteiger partial charge in [-0.3, -0.25) is 0 Å². The Labute approximate surface area is 103 Å². The first-order valence-corrected chi connectivity index (χ1v) is 5.76. The molecule has 1 rings (SSSR count). The van der Waals surface area contributed by atoms with Gasteiger partial charge in [-0.25, -0.2) is 0 Å². The molecular formula is C14H18O3. The fourth-order valence-corrected chi connectivity index (χ4v) is 1.20. The van der Waals surface area contributed by atoms with Gasteiger partial charge < -0.3 is 14.2 Å². The van der Waals surface area contributed by atoms with E-state index in [9.17, 15) is 0 Å². The molecule has 0 bridgehead atoms. The Morgan fingerprint density at radius 2 is 1.71 bits per heavy atom. The van der Waals surface area contributed by atoms with Crippen LogP contribution in [0.4, 0.5) is 0 Å². The topological polar surface area (TPSA) is 27.7 Å². The summed E-state index contributed by atoms with van der Waals surface area (Å²) in [5.74, 6) is 6.57. The summed E-state index contributed by atoms with van der Waals surface area (Å²) in [5.41, 5.74) is 0. The maximum absolute atomic E-state index is 5.43. The van der Waals surface area contributed by atoms with Gasteiger partial charge >= 0.3 is 0 Å². The van der Waals surface area contributed by atoms with Gasteiger partial charge in [-0.2, -0.15) is 0 Å². The maximum atomic E-state index is 5.43. The number of benzene rings is 1. The average Bonchev–Trinajstić information content (AvgIpc) is 2.36. The molecule has 0 radical (unpaired) electrons. The van der Waals surface area contributed by atoms with E-state index < -0.39 is 6.29 Å². The largest absolute Gasteiger partial charge is 0.481 e. The molecule has 0 saturated heterocycles. The Balaban J connectivity index is 2.33. The SMILES string of the molecule is CCOC(C#CCOc1ccccc1)OCC. The van der Waals surface area contributed by atoms with Crippen LogP contribution in [0.15, 0.2) is 30.3 Å². The summed E-state index contributed by atoms with van der Waals surface area (Å²) >= 11 is 0. The minimum absolute atomic E-state index is 0.334. The molecule has 0 spiro atoms. The molecule has 0 heterocycles. The summed E-state index contributed by atoms with van der Waals surface area (Å²) in [6, 6.07) is 9.57. The third-order valence-electron chi connectivity index (χ3n) is 1.91. The highest BCUT2D eigenvalue weighted by molar-refractivity contribution is 5.21. The minimum atomic E-state index is -0.454. The smallest absolute Gasteiger partial charge is 0.222 e. The van der Waals surface area contributed by atoms with E-state index in [4.69, 9.17) is 14.2 Å². The molecule has 0 saturated carbocycles. The van der Waals surface area contributed by atoms with Crippen LogP contribution in [0.2, 0.25) is 0 Å². The van der Waals surface area contributed by atoms with E-state index in [0.717, 1.165) is 5.75 Å². The molecule has 0 aliphatic rings. The lowest BCUT2D eigenvalue weighted by Gasteiger charge is -2.09. The van der Waals surface area contributed by atoms with Crippen molar-refractivity contribution >= 4 is 0 Å². The molecule has 0 aromatic heterocycles. The molecule has 0 fully saturated rings. The Morgan fingerprint density at radius 1 is 1.06 bits per heavy atom. The van der Waals surface area contributed by atoms with Gasteiger partial charge in [0.1, 0.15) is 12.4 Å². The van der Waals surface area contributed by atoms with Gasteiger partial charge in [-0.1, -0.05) is 24.1 Å². The molecule has 1 aromatic rings. The van der Waals surface area contributed by atoms with Crippen molar-refractivity contribution in [3.63, 3.8) is 0 Å². The van der Waals surface area contributed by atoms with Gasteiger partial charge in [0, 0.05) is 13.2 Å². The second-order valence-corrected chi connectivity index (χ2v) is 3.17. The lowest BCUT2D eigenvalue weighted by atomic mass is 10.3. The third-order valence-corrected chi connectivity index (χ3v) is 1.91. The van der Waals surface area contributed by atoms with Crippen LogP contribution < -0.4 is 4.74 Å². The van der Waals surface area contributed by atoms with Crippen LogP contribution in [-0.2, 0) is 9.47 Å². The first-order valence-electron chi connectivity index (χ1n) is 5.76. The molecule has 0 N–H and O–H groups in total. The van der Waals surface area contributed by atoms with Gasteiger partial charge in [0.15, 0.2) is 0 Å². The zero-order chi connectivity index (χ0) is 12.3. The predicted molar refractivity (Wildman–Crippen MR) is 66.8 cm³/mol. The van der Waals surface area contributed by atoms with Gasteiger partial charge in [-0.15, -0.1) is 0 Å². The molecule has 1 aromatic carbocycles. The van der Waals surface area contributed by atoms with Crippen molar-refractivity contribution in [3.8, 4) is 17.6 Å². The molecular weight excluding hydrogens is 216 g/mol. The number of ether oxygens (including phenoxy) is 3. The van der Waals surface area contributed by atoms with Crippen LogP contribution in [0.25, 0.3) is 0 Å². The monoisotopic (exact) mass is 234 g/mol. The van der Waals surface area contributed by atoms with E-state index in [-0.39, 0.29) is 0 Å². The Bertz CT molecular complexity index is 345. The van der Waals surface area contributed by atoms with Crippen molar-refractivity contribution in [2.24, 2.45) is 0 Å². The summed E-state index contributed by atoms with van der Waals surface area (Å²) in [4.78, 5) is 0. The Morgan fingerprint density at radius 3 is 2.29 bits per heavy atom. The highest BCUT2D eigenvalue weighted by atomic mass is 16.7. The fourth-order valence-electron chi connectivity index (χ4n) is 1.20. The van der Waals surface area contributed by atoms with Crippen molar-refractivity contribution in [2.75, 3.05) is 19.8 Å². The van der Waals surface area contributed by atoms with Gasteiger partial charge in [-0.05, 0) is 31.9 Å². The third kappa shape index (κ3) is 5.96. The van der Waals surface area contributed by atoms with Crippen molar-refractivity contribution in [1.82, 2.24) is 0 Å². The lowest BCUT2D eigenvalue weighted by Crippen LogP contribution is -2.15. The van der Waals surface area contributed by atoms with E-state index in [0.29, 0.717) is 19.8 Å². The molecule has 3 nitrogen and oxygen atoms in total. The van der Waals surface area contributed by atoms with Gasteiger partial charge in [0.05, 0.1) is 0 Å². The van der Waals surface area contributed by atoms with Crippen molar-refractivity contribution < 1.29 is 14.2 Å². The number of hydrogen-bond acceptors (Lipinski definition) is 3. The van der Waals surface area contributed by atoms with Crippen LogP contribution >= 0.6 is 0 Å². The molecule has 3 heteroatoms. The van der Waals surface area contributed by atoms with E-state index >= 15 is 0 Å². The molecule has 0 aliphatic carbocycles. The molecule has 0 amide bonds. The predicted octanol–water partition coefficient (Wildman–Crippen LogP) is 2.47. The second-order valence-electron chi connectivity index (χ2n) is 3.17. The van der Waals surface area contributed by atoms with E-state index in [2.05, 4.69) is 11.8 Å². The van der Waals surface area contributed by atoms with Crippen molar-refractivity contribution in [1.29, 1.82) is 0 Å². The Kier molecular flexibility index (Phi) is 6.89. The summed E-state index contributed by atoms with van der Waals surface area (Å²) in [6.07, 6.45) is -0.454. The van der Waals surface area contributed by atoms with E-state index in [1.165, 1.54) is 0 Å². The highest BCUT2D eigenvalue weighted by Crippen LogP contribution is 2.07. The number of para-hydroxylation sites is 1. The van der Waals surface area contributed by atoms with Crippen LogP contribution in [0.3, 0.4) is 0 Å². The maximum Gasteiger partial charge on any atom is 0.222 e. The number of hydrogen-bond donors (Lipinski definition) is 0. The summed E-state index contributed by atoms with van der Waals surface area (Å²) < 4.78 is 16.0. The normalized spacial score (nSPS) is 9.82. The van der Waals surface area contributed by atoms with Gasteiger partial charge in [0.25, 0.3) is 0 Å². The molecule has 0 unspecified atom stereocenters. The van der Waals surface area contributed by atoms with Crippen LogP contribution in [0.1, 0.15) is 13.8 Å². The fraction of sp³-hybridized carbons (Fsp3) is 0.429. The van der Waals surface area contributed by atoms with E-state index in [1.54, 1.807) is 0 Å². The first-order chi connectivity index (χ1) is 8.36. The molecule has 92 valence electrons. The summed E-state index contributed by atoms with van der Waals surface area (Å²) in [6.45, 7) is 5.32. The first kappa shape index (κ1) is 13.6. The van der Waals surface area contributed by atoms with Gasteiger partial charge in [0.2, 0.25) is 6.29 Å². The summed E-state index contributed by atoms with van der Waals surface area (Å²) in [7, 11) is 0. The van der Waals surface area contributed by atoms with Crippen molar-refractivity contribution in [3.05, 3.63) is 30.3 Å². The highest BCUT2D eigenvalue weighted by Gasteiger charge is 2.01.